The number of hydrogen-bond acceptors (Lipinski definition) is 5. The first-order valence-electron chi connectivity index (χ1n) is 8.34. The number of nitrogens with zero attached hydrogens (tertiary/aromatic N) is 3. The molecule has 0 fully saturated rings. The van der Waals surface area contributed by atoms with E-state index in [1.54, 1.807) is 23.7 Å². The number of benzene rings is 1. The number of aromatic nitrogens is 2. The van der Waals surface area contributed by atoms with Gasteiger partial charge in [0.05, 0.1) is 16.9 Å². The van der Waals surface area contributed by atoms with Gasteiger partial charge in [-0.3, -0.25) is 0 Å². The molecule has 3 aromatic rings. The van der Waals surface area contributed by atoms with E-state index in [9.17, 15) is 4.79 Å². The Bertz CT molecular complexity index is 1110. The SMILES string of the molecule is Cc1cc(C2=N/C(=C/c3c(C)nn(-c4ccccc4)c3Cl)C(=O)O2)c(C)o1. The molecule has 1 aliphatic heterocycles. The zero-order chi connectivity index (χ0) is 19.1. The summed E-state index contributed by atoms with van der Waals surface area (Å²) in [5.74, 6) is 1.06. The second-order valence-corrected chi connectivity index (χ2v) is 6.56. The lowest BCUT2D eigenvalue weighted by atomic mass is 10.2. The quantitative estimate of drug-likeness (QED) is 0.498. The highest BCUT2D eigenvalue weighted by atomic mass is 35.5. The van der Waals surface area contributed by atoms with Gasteiger partial charge in [0.15, 0.2) is 5.70 Å². The van der Waals surface area contributed by atoms with Crippen LogP contribution in [0.25, 0.3) is 11.8 Å². The number of carbonyl (C=O) groups is 1. The third kappa shape index (κ3) is 3.08. The van der Waals surface area contributed by atoms with Gasteiger partial charge in [0.25, 0.3) is 0 Å². The molecule has 27 heavy (non-hydrogen) atoms. The van der Waals surface area contributed by atoms with Crippen molar-refractivity contribution < 1.29 is 13.9 Å². The van der Waals surface area contributed by atoms with E-state index in [0.29, 0.717) is 27.7 Å². The van der Waals surface area contributed by atoms with Crippen molar-refractivity contribution in [3.05, 3.63) is 75.6 Å². The van der Waals surface area contributed by atoms with Crippen molar-refractivity contribution in [2.24, 2.45) is 4.99 Å². The summed E-state index contributed by atoms with van der Waals surface area (Å²) in [5.41, 5.74) is 2.96. The fraction of sp³-hybridized carbons (Fsp3) is 0.150. The molecule has 2 aromatic heterocycles. The summed E-state index contributed by atoms with van der Waals surface area (Å²) >= 11 is 6.51. The first kappa shape index (κ1) is 17.3. The molecule has 3 heterocycles. The molecule has 0 spiro atoms. The van der Waals surface area contributed by atoms with Crippen LogP contribution in [0, 0.1) is 20.8 Å². The Balaban J connectivity index is 1.75. The number of hydrogen-bond donors (Lipinski definition) is 0. The zero-order valence-electron chi connectivity index (χ0n) is 15.0. The number of para-hydroxylation sites is 1. The molecule has 0 saturated carbocycles. The Morgan fingerprint density at radius 1 is 1.15 bits per heavy atom. The lowest BCUT2D eigenvalue weighted by Crippen LogP contribution is -2.05. The van der Waals surface area contributed by atoms with Gasteiger partial charge in [-0.05, 0) is 45.0 Å². The molecule has 0 atom stereocenters. The third-order valence-electron chi connectivity index (χ3n) is 4.22. The van der Waals surface area contributed by atoms with Gasteiger partial charge < -0.3 is 9.15 Å². The van der Waals surface area contributed by atoms with Gasteiger partial charge in [-0.25, -0.2) is 14.5 Å². The van der Waals surface area contributed by atoms with Crippen molar-refractivity contribution in [2.75, 3.05) is 0 Å². The Labute approximate surface area is 160 Å². The Hall–Kier alpha value is -3.12. The van der Waals surface area contributed by atoms with Crippen LogP contribution in [0.3, 0.4) is 0 Å². The van der Waals surface area contributed by atoms with E-state index in [1.807, 2.05) is 44.2 Å². The minimum Gasteiger partial charge on any atom is -0.466 e. The molecule has 0 bridgehead atoms. The maximum absolute atomic E-state index is 12.3. The third-order valence-corrected chi connectivity index (χ3v) is 4.59. The minimum atomic E-state index is -0.536. The van der Waals surface area contributed by atoms with E-state index in [0.717, 1.165) is 11.4 Å². The van der Waals surface area contributed by atoms with Crippen molar-refractivity contribution >= 4 is 29.5 Å². The Kier molecular flexibility index (Phi) is 4.20. The van der Waals surface area contributed by atoms with Crippen molar-refractivity contribution in [3.63, 3.8) is 0 Å². The van der Waals surface area contributed by atoms with Crippen LogP contribution in [0.5, 0.6) is 0 Å². The highest BCUT2D eigenvalue weighted by molar-refractivity contribution is 6.31. The summed E-state index contributed by atoms with van der Waals surface area (Å²) in [6.45, 7) is 5.45. The fourth-order valence-electron chi connectivity index (χ4n) is 2.92. The highest BCUT2D eigenvalue weighted by Gasteiger charge is 2.27. The molecule has 0 saturated heterocycles. The van der Waals surface area contributed by atoms with Gasteiger partial charge in [0.1, 0.15) is 16.7 Å². The fourth-order valence-corrected chi connectivity index (χ4v) is 3.25. The van der Waals surface area contributed by atoms with Gasteiger partial charge in [0.2, 0.25) is 5.90 Å². The van der Waals surface area contributed by atoms with Crippen molar-refractivity contribution in [1.82, 2.24) is 9.78 Å². The molecule has 0 radical (unpaired) electrons. The second kappa shape index (κ2) is 6.55. The largest absolute Gasteiger partial charge is 0.466 e. The lowest BCUT2D eigenvalue weighted by Gasteiger charge is -2.01. The van der Waals surface area contributed by atoms with E-state index in [1.165, 1.54) is 0 Å². The summed E-state index contributed by atoms with van der Waals surface area (Å²) < 4.78 is 12.4. The van der Waals surface area contributed by atoms with Crippen LogP contribution in [-0.2, 0) is 9.53 Å². The molecule has 136 valence electrons. The van der Waals surface area contributed by atoms with Crippen molar-refractivity contribution in [3.8, 4) is 5.69 Å². The van der Waals surface area contributed by atoms with Crippen LogP contribution in [0.1, 0.15) is 28.3 Å². The van der Waals surface area contributed by atoms with Gasteiger partial charge in [0, 0.05) is 5.56 Å². The number of esters is 1. The number of rotatable bonds is 3. The second-order valence-electron chi connectivity index (χ2n) is 6.20. The number of ether oxygens (including phenoxy) is 1. The van der Waals surface area contributed by atoms with Gasteiger partial charge in [-0.2, -0.15) is 5.10 Å². The first-order chi connectivity index (χ1) is 12.9. The summed E-state index contributed by atoms with van der Waals surface area (Å²) in [6.07, 6.45) is 1.60. The number of aryl methyl sites for hydroxylation is 3. The summed E-state index contributed by atoms with van der Waals surface area (Å²) in [5, 5.41) is 4.87. The van der Waals surface area contributed by atoms with E-state index < -0.39 is 5.97 Å². The van der Waals surface area contributed by atoms with E-state index >= 15 is 0 Å². The Morgan fingerprint density at radius 3 is 2.56 bits per heavy atom. The predicted octanol–water partition coefficient (Wildman–Crippen LogP) is 4.39. The minimum absolute atomic E-state index is 0.167. The van der Waals surface area contributed by atoms with Crippen molar-refractivity contribution in [1.29, 1.82) is 0 Å². The number of furan rings is 1. The lowest BCUT2D eigenvalue weighted by molar-refractivity contribution is -0.129. The maximum atomic E-state index is 12.3. The van der Waals surface area contributed by atoms with Crippen LogP contribution >= 0.6 is 11.6 Å². The zero-order valence-corrected chi connectivity index (χ0v) is 15.7. The predicted molar refractivity (Wildman–Crippen MR) is 102 cm³/mol. The van der Waals surface area contributed by atoms with Crippen LogP contribution in [0.4, 0.5) is 0 Å². The highest BCUT2D eigenvalue weighted by Crippen LogP contribution is 2.28. The van der Waals surface area contributed by atoms with Gasteiger partial charge >= 0.3 is 5.97 Å². The van der Waals surface area contributed by atoms with Crippen LogP contribution in [0.15, 0.2) is 51.5 Å². The molecular weight excluding hydrogens is 366 g/mol. The molecule has 4 rings (SSSR count). The monoisotopic (exact) mass is 381 g/mol. The molecule has 1 aliphatic rings. The topological polar surface area (TPSA) is 69.6 Å². The van der Waals surface area contributed by atoms with Crippen LogP contribution in [0.2, 0.25) is 5.15 Å². The van der Waals surface area contributed by atoms with Crippen LogP contribution < -0.4 is 0 Å². The molecule has 0 unspecified atom stereocenters. The molecule has 0 amide bonds. The number of cyclic esters (lactones) is 1. The van der Waals surface area contributed by atoms with Crippen molar-refractivity contribution in [2.45, 2.75) is 20.8 Å². The van der Waals surface area contributed by atoms with Crippen LogP contribution in [-0.4, -0.2) is 21.6 Å². The average molecular weight is 382 g/mol. The average Bonchev–Trinajstić information content (AvgIpc) is 3.27. The molecule has 0 N–H and O–H groups in total. The molecule has 7 heteroatoms. The first-order valence-corrected chi connectivity index (χ1v) is 8.72. The summed E-state index contributed by atoms with van der Waals surface area (Å²) in [4.78, 5) is 16.6. The number of aliphatic imine (C=N–C) groups is 1. The smallest absolute Gasteiger partial charge is 0.363 e. The Morgan fingerprint density at radius 2 is 1.89 bits per heavy atom. The number of carbonyl (C=O) groups excluding carboxylic acids is 1. The molecule has 0 aliphatic carbocycles. The molecule has 1 aromatic carbocycles. The van der Waals surface area contributed by atoms with Gasteiger partial charge in [-0.1, -0.05) is 29.8 Å². The number of halogens is 1. The van der Waals surface area contributed by atoms with E-state index in [-0.39, 0.29) is 11.6 Å². The summed E-state index contributed by atoms with van der Waals surface area (Å²) in [6, 6.07) is 11.3. The molecule has 6 nitrogen and oxygen atoms in total. The van der Waals surface area contributed by atoms with E-state index in [2.05, 4.69) is 10.1 Å². The standard InChI is InChI=1S/C20H16ClN3O3/c1-11-9-16(13(3)26-11)19-22-17(20(25)27-19)10-15-12(2)23-24(18(15)21)14-7-5-4-6-8-14/h4-10H,1-3H3/b17-10+. The normalized spacial score (nSPS) is 15.3. The van der Waals surface area contributed by atoms with E-state index in [4.69, 9.17) is 20.8 Å². The maximum Gasteiger partial charge on any atom is 0.363 e. The summed E-state index contributed by atoms with van der Waals surface area (Å²) in [7, 11) is 0. The van der Waals surface area contributed by atoms with Gasteiger partial charge in [-0.15, -0.1) is 0 Å². The molecular formula is C20H16ClN3O3.